The van der Waals surface area contributed by atoms with E-state index in [4.69, 9.17) is 4.74 Å². The van der Waals surface area contributed by atoms with Gasteiger partial charge in [0.05, 0.1) is 6.61 Å². The topological polar surface area (TPSA) is 9.23 Å². The van der Waals surface area contributed by atoms with Crippen LogP contribution >= 0.6 is 0 Å². The first-order valence-electron chi connectivity index (χ1n) is 9.87. The molecule has 0 N–H and O–H groups in total. The van der Waals surface area contributed by atoms with Crippen LogP contribution in [-0.2, 0) is 4.74 Å². The van der Waals surface area contributed by atoms with Crippen LogP contribution in [0.4, 0.5) is 0 Å². The fourth-order valence-corrected chi connectivity index (χ4v) is 3.80. The van der Waals surface area contributed by atoms with Crippen LogP contribution in [0.2, 0.25) is 0 Å². The molecule has 0 aromatic carbocycles. The van der Waals surface area contributed by atoms with Gasteiger partial charge in [0.2, 0.25) is 0 Å². The van der Waals surface area contributed by atoms with Crippen LogP contribution in [0.1, 0.15) is 90.4 Å². The highest BCUT2D eigenvalue weighted by molar-refractivity contribution is 4.83. The van der Waals surface area contributed by atoms with Gasteiger partial charge >= 0.3 is 0 Å². The zero-order valence-electron chi connectivity index (χ0n) is 14.2. The highest BCUT2D eigenvalue weighted by Crippen LogP contribution is 2.42. The van der Waals surface area contributed by atoms with E-state index in [1.807, 2.05) is 0 Å². The van der Waals surface area contributed by atoms with Crippen LogP contribution in [0.5, 0.6) is 0 Å². The molecule has 0 aromatic rings. The normalized spacial score (nSPS) is 22.7. The van der Waals surface area contributed by atoms with E-state index < -0.39 is 0 Å². The van der Waals surface area contributed by atoms with E-state index >= 15 is 0 Å². The summed E-state index contributed by atoms with van der Waals surface area (Å²) in [5.41, 5.74) is 0.513. The molecule has 0 aliphatic heterocycles. The summed E-state index contributed by atoms with van der Waals surface area (Å²) in [4.78, 5) is 0. The molecule has 0 atom stereocenters. The summed E-state index contributed by atoms with van der Waals surface area (Å²) in [7, 11) is 0. The molecule has 0 spiro atoms. The third-order valence-electron chi connectivity index (χ3n) is 6.24. The van der Waals surface area contributed by atoms with Crippen molar-refractivity contribution >= 4 is 0 Å². The molecular formula is C20H36O. The summed E-state index contributed by atoms with van der Waals surface area (Å²) in [5, 5.41) is 0. The standard InChI is InChI=1S/C20H36O/c1-2-20(13-3-5-17-7-8-17,14-4-6-18-9-10-18)16-21-15-19-11-12-19/h17-19H,2-16H2,1H3. The minimum absolute atomic E-state index is 0.513. The Morgan fingerprint density at radius 2 is 1.33 bits per heavy atom. The minimum Gasteiger partial charge on any atom is -0.381 e. The first-order chi connectivity index (χ1) is 10.3. The molecule has 0 saturated heterocycles. The molecule has 0 aromatic heterocycles. The number of ether oxygens (including phenoxy) is 1. The Morgan fingerprint density at radius 3 is 1.76 bits per heavy atom. The van der Waals surface area contributed by atoms with Crippen molar-refractivity contribution in [1.29, 1.82) is 0 Å². The quantitative estimate of drug-likeness (QED) is 0.406. The van der Waals surface area contributed by atoms with E-state index in [0.29, 0.717) is 5.41 Å². The molecule has 21 heavy (non-hydrogen) atoms. The minimum atomic E-state index is 0.513. The second-order valence-electron chi connectivity index (χ2n) is 8.48. The van der Waals surface area contributed by atoms with Crippen molar-refractivity contribution in [3.8, 4) is 0 Å². The summed E-state index contributed by atoms with van der Waals surface area (Å²) in [5.74, 6) is 3.11. The van der Waals surface area contributed by atoms with Gasteiger partial charge < -0.3 is 4.74 Å². The maximum Gasteiger partial charge on any atom is 0.0522 e. The van der Waals surface area contributed by atoms with Gasteiger partial charge in [-0.25, -0.2) is 0 Å². The third-order valence-corrected chi connectivity index (χ3v) is 6.24. The smallest absolute Gasteiger partial charge is 0.0522 e. The van der Waals surface area contributed by atoms with Crippen molar-refractivity contribution in [2.75, 3.05) is 13.2 Å². The Hall–Kier alpha value is -0.0400. The van der Waals surface area contributed by atoms with Crippen molar-refractivity contribution in [2.24, 2.45) is 23.2 Å². The van der Waals surface area contributed by atoms with Crippen molar-refractivity contribution in [2.45, 2.75) is 90.4 Å². The maximum atomic E-state index is 6.16. The molecule has 3 aliphatic rings. The van der Waals surface area contributed by atoms with Gasteiger partial charge in [-0.3, -0.25) is 0 Å². The highest BCUT2D eigenvalue weighted by atomic mass is 16.5. The lowest BCUT2D eigenvalue weighted by atomic mass is 9.76. The number of hydrogen-bond acceptors (Lipinski definition) is 1. The van der Waals surface area contributed by atoms with Gasteiger partial charge in [-0.2, -0.15) is 0 Å². The fourth-order valence-electron chi connectivity index (χ4n) is 3.80. The van der Waals surface area contributed by atoms with E-state index in [9.17, 15) is 0 Å². The van der Waals surface area contributed by atoms with Crippen LogP contribution in [0.25, 0.3) is 0 Å². The first kappa shape index (κ1) is 15.8. The Bertz CT molecular complexity index is 253. The van der Waals surface area contributed by atoms with Crippen molar-refractivity contribution in [1.82, 2.24) is 0 Å². The molecule has 3 aliphatic carbocycles. The molecule has 0 amide bonds. The number of hydrogen-bond donors (Lipinski definition) is 0. The first-order valence-corrected chi connectivity index (χ1v) is 9.87. The molecular weight excluding hydrogens is 256 g/mol. The molecule has 122 valence electrons. The summed E-state index contributed by atoms with van der Waals surface area (Å²) < 4.78 is 6.16. The average molecular weight is 293 g/mol. The molecule has 3 rings (SSSR count). The second kappa shape index (κ2) is 7.49. The zero-order valence-corrected chi connectivity index (χ0v) is 14.2. The zero-order chi connectivity index (χ0) is 14.5. The SMILES string of the molecule is CCC(CCCC1CC1)(CCCC1CC1)COCC1CC1. The lowest BCUT2D eigenvalue weighted by Gasteiger charge is -2.33. The average Bonchev–Trinajstić information content (AvgIpc) is 3.34. The predicted molar refractivity (Wildman–Crippen MR) is 89.4 cm³/mol. The van der Waals surface area contributed by atoms with E-state index in [0.717, 1.165) is 31.0 Å². The van der Waals surface area contributed by atoms with Crippen molar-refractivity contribution in [3.05, 3.63) is 0 Å². The Kier molecular flexibility index (Phi) is 5.65. The Labute approximate surface area is 132 Å². The molecule has 0 bridgehead atoms. The van der Waals surface area contributed by atoms with Gasteiger partial charge in [-0.05, 0) is 55.3 Å². The molecule has 1 heteroatoms. The molecule has 3 fully saturated rings. The summed E-state index contributed by atoms with van der Waals surface area (Å²) >= 11 is 0. The van der Waals surface area contributed by atoms with Gasteiger partial charge in [0.25, 0.3) is 0 Å². The van der Waals surface area contributed by atoms with Gasteiger partial charge in [0.15, 0.2) is 0 Å². The summed E-state index contributed by atoms with van der Waals surface area (Å²) in [6.07, 6.45) is 19.0. The molecule has 0 unspecified atom stereocenters. The van der Waals surface area contributed by atoms with Crippen LogP contribution in [0, 0.1) is 23.2 Å². The van der Waals surface area contributed by atoms with Crippen LogP contribution in [-0.4, -0.2) is 13.2 Å². The van der Waals surface area contributed by atoms with Gasteiger partial charge in [0, 0.05) is 6.61 Å². The third kappa shape index (κ3) is 5.93. The number of rotatable bonds is 13. The Balaban J connectivity index is 1.41. The van der Waals surface area contributed by atoms with Crippen molar-refractivity contribution < 1.29 is 4.74 Å². The lowest BCUT2D eigenvalue weighted by Crippen LogP contribution is -2.27. The monoisotopic (exact) mass is 292 g/mol. The molecule has 0 heterocycles. The highest BCUT2D eigenvalue weighted by Gasteiger charge is 2.31. The van der Waals surface area contributed by atoms with E-state index in [-0.39, 0.29) is 0 Å². The summed E-state index contributed by atoms with van der Waals surface area (Å²) in [6.45, 7) is 4.51. The van der Waals surface area contributed by atoms with Crippen LogP contribution in [0.3, 0.4) is 0 Å². The van der Waals surface area contributed by atoms with Crippen LogP contribution < -0.4 is 0 Å². The largest absolute Gasteiger partial charge is 0.381 e. The fraction of sp³-hybridized carbons (Fsp3) is 1.00. The molecule has 3 saturated carbocycles. The summed E-state index contributed by atoms with van der Waals surface area (Å²) in [6, 6.07) is 0. The van der Waals surface area contributed by atoms with E-state index in [2.05, 4.69) is 6.92 Å². The van der Waals surface area contributed by atoms with Gasteiger partial charge in [-0.1, -0.05) is 58.3 Å². The maximum absolute atomic E-state index is 6.16. The van der Waals surface area contributed by atoms with Crippen molar-refractivity contribution in [3.63, 3.8) is 0 Å². The lowest BCUT2D eigenvalue weighted by molar-refractivity contribution is 0.0211. The predicted octanol–water partition coefficient (Wildman–Crippen LogP) is 5.97. The van der Waals surface area contributed by atoms with Gasteiger partial charge in [-0.15, -0.1) is 0 Å². The van der Waals surface area contributed by atoms with Crippen LogP contribution in [0.15, 0.2) is 0 Å². The van der Waals surface area contributed by atoms with E-state index in [1.165, 1.54) is 83.5 Å². The second-order valence-corrected chi connectivity index (χ2v) is 8.48. The van der Waals surface area contributed by atoms with E-state index in [1.54, 1.807) is 0 Å². The molecule has 0 radical (unpaired) electrons. The Morgan fingerprint density at radius 1 is 0.810 bits per heavy atom. The molecule has 1 nitrogen and oxygen atoms in total. The van der Waals surface area contributed by atoms with Gasteiger partial charge in [0.1, 0.15) is 0 Å².